The molecule has 0 aliphatic carbocycles. The van der Waals surface area contributed by atoms with E-state index in [1.165, 1.54) is 0 Å². The Morgan fingerprint density at radius 3 is 2.15 bits per heavy atom. The molecule has 0 radical (unpaired) electrons. The van der Waals surface area contributed by atoms with Crippen molar-refractivity contribution in [1.29, 1.82) is 0 Å². The van der Waals surface area contributed by atoms with Crippen LogP contribution in [0.5, 0.6) is 0 Å². The van der Waals surface area contributed by atoms with Crippen molar-refractivity contribution < 1.29 is 4.11 Å². The third-order valence-electron chi connectivity index (χ3n) is 1.07. The van der Waals surface area contributed by atoms with Gasteiger partial charge >= 0.3 is 0 Å². The molecule has 6 heteroatoms. The molecular weight excluding hydrogens is 297 g/mol. The Kier molecular flexibility index (Phi) is 5.41. The molecule has 0 aromatic rings. The molecule has 3 atom stereocenters. The van der Waals surface area contributed by atoms with Crippen LogP contribution in [0.3, 0.4) is 0 Å². The van der Waals surface area contributed by atoms with Gasteiger partial charge < -0.3 is 0 Å². The summed E-state index contributed by atoms with van der Waals surface area (Å²) >= 11 is 33.5. The molecule has 0 aromatic carbocycles. The number of hydrogen-bond acceptors (Lipinski definition) is 0. The minimum atomic E-state index is -1.68. The molecule has 0 bridgehead atoms. The largest absolute Gasteiger partial charge is 0.192 e. The number of alkyl halides is 6. The first kappa shape index (κ1) is 9.93. The summed E-state index contributed by atoms with van der Waals surface area (Å²) in [6, 6.07) is 0. The highest BCUT2D eigenvalue weighted by Gasteiger charge is 2.25. The Morgan fingerprint density at radius 1 is 1.23 bits per heavy atom. The Morgan fingerprint density at radius 2 is 1.77 bits per heavy atom. The van der Waals surface area contributed by atoms with E-state index in [1.807, 2.05) is 0 Å². The maximum Gasteiger partial charge on any atom is 0.192 e. The first-order valence-electron chi connectivity index (χ1n) is 4.92. The summed E-state index contributed by atoms with van der Waals surface area (Å²) in [4.78, 5) is 0. The highest BCUT2D eigenvalue weighted by molar-refractivity contribution is 6.67. The Hall–Kier alpha value is 1.74. The van der Waals surface area contributed by atoms with Crippen LogP contribution >= 0.6 is 69.6 Å². The Labute approximate surface area is 113 Å². The number of rotatable bonds is 5. The van der Waals surface area contributed by atoms with Gasteiger partial charge in [0, 0.05) is 27.1 Å². The average Bonchev–Trinajstić information content (AvgIpc) is 1.69. The topological polar surface area (TPSA) is 0 Å². The molecular formula is C7H10Cl6. The second kappa shape index (κ2) is 7.09. The van der Waals surface area contributed by atoms with Gasteiger partial charge in [-0.1, -0.05) is 34.8 Å². The van der Waals surface area contributed by atoms with Gasteiger partial charge in [-0.25, -0.2) is 0 Å². The first-order chi connectivity index (χ1) is 6.83. The Balaban J connectivity index is 4.45. The van der Waals surface area contributed by atoms with Gasteiger partial charge in [-0.3, -0.25) is 0 Å². The maximum atomic E-state index is 7.69. The first-order valence-corrected chi connectivity index (χ1v) is 5.67. The van der Waals surface area contributed by atoms with Gasteiger partial charge in [0.1, 0.15) is 0 Å². The highest BCUT2D eigenvalue weighted by atomic mass is 35.6. The lowest BCUT2D eigenvalue weighted by Gasteiger charge is -2.17. The van der Waals surface area contributed by atoms with Gasteiger partial charge in [0.05, 0.1) is 0 Å². The van der Waals surface area contributed by atoms with Crippen LogP contribution in [-0.4, -0.2) is 20.4 Å². The van der Waals surface area contributed by atoms with Crippen molar-refractivity contribution in [3.05, 3.63) is 0 Å². The second-order valence-corrected chi connectivity index (χ2v) is 6.26. The molecule has 0 aromatic heterocycles. The van der Waals surface area contributed by atoms with Gasteiger partial charge in [-0.2, -0.15) is 0 Å². The summed E-state index contributed by atoms with van der Waals surface area (Å²) in [6.45, 7) is 0. The predicted molar refractivity (Wildman–Crippen MR) is 64.1 cm³/mol. The van der Waals surface area contributed by atoms with Crippen LogP contribution in [0.4, 0.5) is 0 Å². The molecule has 13 heavy (non-hydrogen) atoms. The van der Waals surface area contributed by atoms with Gasteiger partial charge in [0.15, 0.2) is 3.79 Å². The molecule has 80 valence electrons. The lowest BCUT2D eigenvalue weighted by molar-refractivity contribution is 0.655. The summed E-state index contributed by atoms with van der Waals surface area (Å²) < 4.78 is 20.7. The van der Waals surface area contributed by atoms with E-state index in [-0.39, 0.29) is 19.3 Å². The van der Waals surface area contributed by atoms with Crippen LogP contribution in [0.25, 0.3) is 0 Å². The summed E-state index contributed by atoms with van der Waals surface area (Å²) in [5, 5.41) is -3.30. The third-order valence-corrected chi connectivity index (χ3v) is 2.18. The average molecular weight is 310 g/mol. The lowest BCUT2D eigenvalue weighted by Crippen LogP contribution is -2.16. The fourth-order valence-corrected chi connectivity index (χ4v) is 2.27. The van der Waals surface area contributed by atoms with E-state index < -0.39 is 20.4 Å². The van der Waals surface area contributed by atoms with Crippen molar-refractivity contribution in [2.75, 3.05) is 5.86 Å². The van der Waals surface area contributed by atoms with Crippen LogP contribution < -0.4 is 0 Å². The minimum Gasteiger partial charge on any atom is -0.127 e. The zero-order valence-corrected chi connectivity index (χ0v) is 11.0. The number of halogens is 6. The van der Waals surface area contributed by atoms with E-state index in [0.717, 1.165) is 0 Å². The minimum absolute atomic E-state index is 0.136. The molecule has 3 unspecified atom stereocenters. The molecule has 0 aliphatic heterocycles. The van der Waals surface area contributed by atoms with Crippen molar-refractivity contribution in [3.8, 4) is 0 Å². The van der Waals surface area contributed by atoms with Gasteiger partial charge in [-0.05, 0) is 12.8 Å². The van der Waals surface area contributed by atoms with E-state index in [9.17, 15) is 0 Å². The molecule has 0 spiro atoms. The Bertz CT molecular complexity index is 225. The summed E-state index contributed by atoms with van der Waals surface area (Å²) in [5.74, 6) is -1.03. The van der Waals surface area contributed by atoms with Gasteiger partial charge in [-0.15, -0.1) is 34.8 Å². The van der Waals surface area contributed by atoms with Crippen molar-refractivity contribution in [2.24, 2.45) is 0 Å². The molecule has 0 rings (SSSR count). The molecule has 0 nitrogen and oxygen atoms in total. The fourth-order valence-electron chi connectivity index (χ4n) is 0.644. The zero-order chi connectivity index (χ0) is 13.2. The van der Waals surface area contributed by atoms with E-state index in [0.29, 0.717) is 0 Å². The van der Waals surface area contributed by atoms with Crippen LogP contribution in [0.2, 0.25) is 0 Å². The lowest BCUT2D eigenvalue weighted by atomic mass is 10.1. The molecule has 0 saturated carbocycles. The van der Waals surface area contributed by atoms with Crippen LogP contribution in [0, 0.1) is 0 Å². The molecule has 0 heterocycles. The van der Waals surface area contributed by atoms with E-state index in [2.05, 4.69) is 0 Å². The SMILES string of the molecule is [2H]C(Cl)CC([2H])(Cl)CC([2H])(Cl)CC(Cl)(Cl)Cl. The van der Waals surface area contributed by atoms with E-state index in [1.54, 1.807) is 0 Å². The standard InChI is InChI=1S/C7H10Cl6/c8-2-1-5(9)3-6(10)4-7(11,12)13/h5-6H,1-4H2/i2D,5D,6D. The fraction of sp³-hybridized carbons (Fsp3) is 1.00. The van der Waals surface area contributed by atoms with Crippen molar-refractivity contribution in [2.45, 2.75) is 33.8 Å². The van der Waals surface area contributed by atoms with Crippen LogP contribution in [0.15, 0.2) is 0 Å². The van der Waals surface area contributed by atoms with Crippen LogP contribution in [-0.2, 0) is 0 Å². The smallest absolute Gasteiger partial charge is 0.127 e. The molecule has 0 saturated heterocycles. The zero-order valence-electron chi connectivity index (χ0n) is 9.47. The molecule has 0 aliphatic rings. The highest BCUT2D eigenvalue weighted by Crippen LogP contribution is 2.34. The van der Waals surface area contributed by atoms with E-state index in [4.69, 9.17) is 73.7 Å². The summed E-state index contributed by atoms with van der Waals surface area (Å²) in [6.07, 6.45) is -0.674. The molecule has 0 N–H and O–H groups in total. The van der Waals surface area contributed by atoms with E-state index >= 15 is 0 Å². The molecule has 0 fully saturated rings. The quantitative estimate of drug-likeness (QED) is 0.628. The van der Waals surface area contributed by atoms with Gasteiger partial charge in [0.25, 0.3) is 0 Å². The van der Waals surface area contributed by atoms with Crippen molar-refractivity contribution >= 4 is 69.6 Å². The maximum absolute atomic E-state index is 7.69. The predicted octanol–water partition coefficient (Wildman–Crippen LogP) is 4.98. The second-order valence-electron chi connectivity index (χ2n) is 2.36. The monoisotopic (exact) mass is 307 g/mol. The summed E-state index contributed by atoms with van der Waals surface area (Å²) in [5.41, 5.74) is 0. The van der Waals surface area contributed by atoms with Crippen molar-refractivity contribution in [3.63, 3.8) is 0 Å². The normalized spacial score (nSPS) is 27.7. The summed E-state index contributed by atoms with van der Waals surface area (Å²) in [7, 11) is 0. The number of hydrogen-bond donors (Lipinski definition) is 0. The van der Waals surface area contributed by atoms with Gasteiger partial charge in [0.2, 0.25) is 0 Å². The van der Waals surface area contributed by atoms with Crippen molar-refractivity contribution in [1.82, 2.24) is 0 Å². The third kappa shape index (κ3) is 10.0. The van der Waals surface area contributed by atoms with Crippen LogP contribution in [0.1, 0.15) is 23.4 Å². The molecule has 0 amide bonds.